The number of nitriles is 1. The SMILES string of the molecule is C=C/C=C\C(=C(/C)C#N)n1nc(C(F)(F)F)cc1Oc1ccnc(Nc2ccnc(C(C)(C)O)c2)c1. The van der Waals surface area contributed by atoms with E-state index in [1.807, 2.05) is 6.07 Å². The summed E-state index contributed by atoms with van der Waals surface area (Å²) in [5.41, 5.74) is -1.12. The Morgan fingerprint density at radius 2 is 1.89 bits per heavy atom. The normalized spacial score (nSPS) is 12.7. The van der Waals surface area contributed by atoms with Crippen LogP contribution < -0.4 is 10.1 Å². The van der Waals surface area contributed by atoms with Gasteiger partial charge in [-0.25, -0.2) is 4.98 Å². The summed E-state index contributed by atoms with van der Waals surface area (Å²) < 4.78 is 47.0. The number of halogens is 3. The van der Waals surface area contributed by atoms with Crippen molar-refractivity contribution in [2.75, 3.05) is 5.32 Å². The molecule has 3 aromatic rings. The Hall–Kier alpha value is -4.43. The Morgan fingerprint density at radius 1 is 1.17 bits per heavy atom. The van der Waals surface area contributed by atoms with E-state index in [1.54, 1.807) is 26.0 Å². The Bertz CT molecular complexity index is 1360. The molecular formula is C25H23F3N6O2. The molecule has 0 atom stereocenters. The molecule has 0 aliphatic carbocycles. The fourth-order valence-electron chi connectivity index (χ4n) is 2.97. The molecule has 0 saturated carbocycles. The lowest BCUT2D eigenvalue weighted by molar-refractivity contribution is -0.141. The van der Waals surface area contributed by atoms with Crippen molar-refractivity contribution in [2.45, 2.75) is 32.5 Å². The second-order valence-electron chi connectivity index (χ2n) is 8.09. The van der Waals surface area contributed by atoms with Crippen LogP contribution in [0.25, 0.3) is 5.70 Å². The molecule has 0 aliphatic heterocycles. The first-order chi connectivity index (χ1) is 16.9. The van der Waals surface area contributed by atoms with Crippen LogP contribution >= 0.6 is 0 Å². The molecule has 8 nitrogen and oxygen atoms in total. The summed E-state index contributed by atoms with van der Waals surface area (Å²) in [6.45, 7) is 8.20. The number of pyridine rings is 2. The largest absolute Gasteiger partial charge is 0.439 e. The van der Waals surface area contributed by atoms with E-state index in [0.29, 0.717) is 17.2 Å². The zero-order chi connectivity index (χ0) is 26.5. The molecule has 0 aliphatic rings. The van der Waals surface area contributed by atoms with Gasteiger partial charge in [-0.1, -0.05) is 18.7 Å². The van der Waals surface area contributed by atoms with Crippen molar-refractivity contribution in [1.82, 2.24) is 19.7 Å². The fourth-order valence-corrected chi connectivity index (χ4v) is 2.97. The van der Waals surface area contributed by atoms with Gasteiger partial charge in [0.1, 0.15) is 17.2 Å². The molecule has 0 amide bonds. The highest BCUT2D eigenvalue weighted by molar-refractivity contribution is 5.66. The molecule has 0 bridgehead atoms. The molecule has 0 aromatic carbocycles. The van der Waals surface area contributed by atoms with E-state index in [0.717, 1.165) is 10.7 Å². The van der Waals surface area contributed by atoms with Gasteiger partial charge >= 0.3 is 6.18 Å². The smallest absolute Gasteiger partial charge is 0.435 e. The number of hydrogen-bond donors (Lipinski definition) is 2. The molecule has 186 valence electrons. The predicted molar refractivity (Wildman–Crippen MR) is 128 cm³/mol. The number of anilines is 2. The molecule has 0 fully saturated rings. The van der Waals surface area contributed by atoms with Crippen molar-refractivity contribution in [1.29, 1.82) is 5.26 Å². The second-order valence-corrected chi connectivity index (χ2v) is 8.09. The molecule has 3 aromatic heterocycles. The standard InChI is InChI=1S/C25H23F3N6O2/c1-5-6-7-19(16(2)15-29)34-23(14-21(33-34)25(26,27)28)36-18-9-11-31-22(13-18)32-17-8-10-30-20(12-17)24(3,4)35/h5-14,35H,1H2,2-4H3,(H,30,31,32)/b7-6-,19-16-. The molecule has 0 unspecified atom stereocenters. The summed E-state index contributed by atoms with van der Waals surface area (Å²) in [7, 11) is 0. The fraction of sp³-hybridized carbons (Fsp3) is 0.200. The van der Waals surface area contributed by atoms with Gasteiger partial charge in [-0.05, 0) is 45.0 Å². The predicted octanol–water partition coefficient (Wildman–Crippen LogP) is 5.95. The van der Waals surface area contributed by atoms with Gasteiger partial charge in [0, 0.05) is 30.2 Å². The lowest BCUT2D eigenvalue weighted by Crippen LogP contribution is -2.17. The highest BCUT2D eigenvalue weighted by atomic mass is 19.4. The number of aliphatic hydroxyl groups is 1. The molecule has 11 heteroatoms. The number of allylic oxidation sites excluding steroid dienone is 5. The first-order valence-corrected chi connectivity index (χ1v) is 10.6. The van der Waals surface area contributed by atoms with Gasteiger partial charge in [0.05, 0.1) is 23.0 Å². The number of nitrogens with one attached hydrogen (secondary N) is 1. The van der Waals surface area contributed by atoms with E-state index in [-0.39, 0.29) is 22.9 Å². The number of ether oxygens (including phenoxy) is 1. The highest BCUT2D eigenvalue weighted by Crippen LogP contribution is 2.35. The van der Waals surface area contributed by atoms with Crippen LogP contribution in [0.1, 0.15) is 32.2 Å². The van der Waals surface area contributed by atoms with E-state index >= 15 is 0 Å². The van der Waals surface area contributed by atoms with Gasteiger partial charge in [0.25, 0.3) is 0 Å². The van der Waals surface area contributed by atoms with Crippen LogP contribution in [0, 0.1) is 11.3 Å². The number of alkyl halides is 3. The highest BCUT2D eigenvalue weighted by Gasteiger charge is 2.36. The maximum atomic E-state index is 13.5. The Labute approximate surface area is 205 Å². The van der Waals surface area contributed by atoms with Crippen LogP contribution in [-0.2, 0) is 11.8 Å². The molecule has 2 N–H and O–H groups in total. The average molecular weight is 496 g/mol. The first-order valence-electron chi connectivity index (χ1n) is 10.6. The minimum atomic E-state index is -4.73. The summed E-state index contributed by atoms with van der Waals surface area (Å²) in [4.78, 5) is 8.34. The molecule has 3 heterocycles. The topological polar surface area (TPSA) is 109 Å². The van der Waals surface area contributed by atoms with E-state index in [2.05, 4.69) is 27.0 Å². The van der Waals surface area contributed by atoms with Gasteiger partial charge in [-0.15, -0.1) is 0 Å². The van der Waals surface area contributed by atoms with Crippen molar-refractivity contribution < 1.29 is 23.0 Å². The van der Waals surface area contributed by atoms with Crippen LogP contribution in [0.3, 0.4) is 0 Å². The third-order valence-corrected chi connectivity index (χ3v) is 4.75. The third-order valence-electron chi connectivity index (χ3n) is 4.75. The van der Waals surface area contributed by atoms with Crippen LogP contribution in [0.2, 0.25) is 0 Å². The van der Waals surface area contributed by atoms with Crippen molar-refractivity contribution in [2.24, 2.45) is 0 Å². The van der Waals surface area contributed by atoms with Crippen LogP contribution in [0.15, 0.2) is 73.1 Å². The van der Waals surface area contributed by atoms with Gasteiger partial charge in [0.2, 0.25) is 5.88 Å². The average Bonchev–Trinajstić information content (AvgIpc) is 3.23. The first kappa shape index (κ1) is 26.2. The van der Waals surface area contributed by atoms with E-state index in [4.69, 9.17) is 4.74 Å². The van der Waals surface area contributed by atoms with Crippen LogP contribution in [0.4, 0.5) is 24.7 Å². The minimum absolute atomic E-state index is 0.0891. The van der Waals surface area contributed by atoms with E-state index < -0.39 is 17.5 Å². The van der Waals surface area contributed by atoms with Gasteiger partial charge in [-0.2, -0.15) is 28.2 Å². The number of hydrogen-bond acceptors (Lipinski definition) is 7. The summed E-state index contributed by atoms with van der Waals surface area (Å²) in [6, 6.07) is 8.92. The Kier molecular flexibility index (Phi) is 7.60. The van der Waals surface area contributed by atoms with Crippen molar-refractivity contribution in [3.63, 3.8) is 0 Å². The van der Waals surface area contributed by atoms with Crippen molar-refractivity contribution >= 4 is 17.2 Å². The summed E-state index contributed by atoms with van der Waals surface area (Å²) in [5.74, 6) is 0.241. The molecule has 0 saturated heterocycles. The van der Waals surface area contributed by atoms with Crippen molar-refractivity contribution in [3.8, 4) is 17.7 Å². The van der Waals surface area contributed by atoms with Gasteiger partial charge in [-0.3, -0.25) is 4.98 Å². The van der Waals surface area contributed by atoms with Crippen LogP contribution in [0.5, 0.6) is 11.6 Å². The van der Waals surface area contributed by atoms with Gasteiger partial charge < -0.3 is 15.2 Å². The maximum Gasteiger partial charge on any atom is 0.435 e. The number of rotatable bonds is 8. The summed E-state index contributed by atoms with van der Waals surface area (Å²) in [5, 5.41) is 26.2. The van der Waals surface area contributed by atoms with Gasteiger partial charge in [0.15, 0.2) is 5.69 Å². The third kappa shape index (κ3) is 6.37. The maximum absolute atomic E-state index is 13.5. The van der Waals surface area contributed by atoms with Crippen molar-refractivity contribution in [3.05, 3.63) is 84.5 Å². The second kappa shape index (κ2) is 10.5. The lowest BCUT2D eigenvalue weighted by atomic mass is 10.0. The zero-order valence-corrected chi connectivity index (χ0v) is 19.7. The van der Waals surface area contributed by atoms with E-state index in [9.17, 15) is 23.5 Å². The summed E-state index contributed by atoms with van der Waals surface area (Å²) in [6.07, 6.45) is 2.50. The summed E-state index contributed by atoms with van der Waals surface area (Å²) >= 11 is 0. The molecule has 36 heavy (non-hydrogen) atoms. The van der Waals surface area contributed by atoms with E-state index in [1.165, 1.54) is 49.7 Å². The minimum Gasteiger partial charge on any atom is -0.439 e. The quantitative estimate of drug-likeness (QED) is 0.293. The molecule has 3 rings (SSSR count). The lowest BCUT2D eigenvalue weighted by Gasteiger charge is -2.17. The van der Waals surface area contributed by atoms with Crippen LogP contribution in [-0.4, -0.2) is 24.9 Å². The number of aromatic nitrogens is 4. The molecule has 0 spiro atoms. The Balaban J connectivity index is 1.99. The monoisotopic (exact) mass is 496 g/mol. The zero-order valence-electron chi connectivity index (χ0n) is 19.7. The Morgan fingerprint density at radius 3 is 2.53 bits per heavy atom. The molecular weight excluding hydrogens is 473 g/mol. The molecule has 0 radical (unpaired) electrons. The number of nitrogens with zero attached hydrogens (tertiary/aromatic N) is 5.